The fourth-order valence-corrected chi connectivity index (χ4v) is 6.06. The quantitative estimate of drug-likeness (QED) is 0.237. The first kappa shape index (κ1) is 31.9. The van der Waals surface area contributed by atoms with Crippen molar-refractivity contribution in [2.24, 2.45) is 17.8 Å². The Morgan fingerprint density at radius 1 is 1.07 bits per heavy atom. The Morgan fingerprint density at radius 2 is 1.78 bits per heavy atom. The number of methoxy groups -OCH3 is 1. The minimum atomic E-state index is -1.18. The molecule has 1 heterocycles. The molecule has 1 aromatic heterocycles. The highest BCUT2D eigenvalue weighted by Crippen LogP contribution is 2.47. The summed E-state index contributed by atoms with van der Waals surface area (Å²) in [5, 5.41) is 3.60. The van der Waals surface area contributed by atoms with E-state index in [2.05, 4.69) is 11.9 Å². The third-order valence-electron chi connectivity index (χ3n) is 8.42. The highest BCUT2D eigenvalue weighted by Gasteiger charge is 2.62. The molecule has 2 aliphatic rings. The Bertz CT molecular complexity index is 1620. The average Bonchev–Trinajstić information content (AvgIpc) is 3.56. The topological polar surface area (TPSA) is 126 Å². The van der Waals surface area contributed by atoms with E-state index in [9.17, 15) is 14.4 Å². The summed E-state index contributed by atoms with van der Waals surface area (Å²) >= 11 is 0. The first-order valence-corrected chi connectivity index (χ1v) is 15.3. The number of nitrogens with zero attached hydrogens (tertiary/aromatic N) is 2. The largest absolute Gasteiger partial charge is 0.496 e. The van der Waals surface area contributed by atoms with Crippen molar-refractivity contribution in [1.29, 1.82) is 0 Å². The zero-order valence-electron chi connectivity index (χ0n) is 26.7. The van der Waals surface area contributed by atoms with Gasteiger partial charge in [0, 0.05) is 17.0 Å². The summed E-state index contributed by atoms with van der Waals surface area (Å²) in [6.07, 6.45) is 1.93. The van der Waals surface area contributed by atoms with Crippen molar-refractivity contribution in [1.82, 2.24) is 15.3 Å². The summed E-state index contributed by atoms with van der Waals surface area (Å²) in [4.78, 5) is 49.9. The van der Waals surface area contributed by atoms with E-state index in [1.807, 2.05) is 49.4 Å². The van der Waals surface area contributed by atoms with Crippen molar-refractivity contribution in [3.05, 3.63) is 60.7 Å². The third kappa shape index (κ3) is 6.50. The van der Waals surface area contributed by atoms with Gasteiger partial charge in [0.2, 0.25) is 11.8 Å². The second kappa shape index (κ2) is 12.5. The van der Waals surface area contributed by atoms with Gasteiger partial charge in [0.15, 0.2) is 5.82 Å². The predicted molar refractivity (Wildman–Crippen MR) is 169 cm³/mol. The molecule has 2 fully saturated rings. The molecule has 0 bridgehead atoms. The standard InChI is InChI=1S/C35H41N3O7/c1-8-22-19-35(22,33(41)43-9-2)38-30(39)25-17-23(18-26(25)32(40)45-34(4,5)6)44-31-24-15-16-27(42-7)20(3)28(24)36-29(37-31)21-13-11-10-12-14-21/h8,10-16,22-23,25-26H,1,9,17-19H2,2-7H3,(H,38,39)/t22-,23-,25?,26-,35?/m1/s1. The maximum atomic E-state index is 13.9. The van der Waals surface area contributed by atoms with Gasteiger partial charge in [-0.25, -0.2) is 9.78 Å². The van der Waals surface area contributed by atoms with E-state index in [-0.39, 0.29) is 25.4 Å². The number of aromatic nitrogens is 2. The van der Waals surface area contributed by atoms with Gasteiger partial charge < -0.3 is 24.3 Å². The number of fused-ring (bicyclic) bond motifs is 1. The lowest BCUT2D eigenvalue weighted by Crippen LogP contribution is -2.49. The maximum Gasteiger partial charge on any atom is 0.332 e. The fraction of sp³-hybridized carbons (Fsp3) is 0.457. The minimum absolute atomic E-state index is 0.184. The van der Waals surface area contributed by atoms with Crippen LogP contribution in [0.3, 0.4) is 0 Å². The summed E-state index contributed by atoms with van der Waals surface area (Å²) in [7, 11) is 1.61. The van der Waals surface area contributed by atoms with Crippen molar-refractivity contribution < 1.29 is 33.3 Å². The van der Waals surface area contributed by atoms with Crippen LogP contribution in [0, 0.1) is 24.7 Å². The van der Waals surface area contributed by atoms with Crippen LogP contribution in [0.15, 0.2) is 55.1 Å². The van der Waals surface area contributed by atoms with Gasteiger partial charge in [-0.3, -0.25) is 9.59 Å². The number of benzene rings is 2. The zero-order chi connectivity index (χ0) is 32.5. The van der Waals surface area contributed by atoms with E-state index >= 15 is 0 Å². The normalized spacial score (nSPS) is 24.0. The molecule has 2 aliphatic carbocycles. The highest BCUT2D eigenvalue weighted by atomic mass is 16.6. The summed E-state index contributed by atoms with van der Waals surface area (Å²) in [6.45, 7) is 13.0. The van der Waals surface area contributed by atoms with Crippen molar-refractivity contribution >= 4 is 28.7 Å². The van der Waals surface area contributed by atoms with Gasteiger partial charge in [-0.1, -0.05) is 36.4 Å². The molecule has 0 radical (unpaired) electrons. The van der Waals surface area contributed by atoms with Crippen LogP contribution in [0.25, 0.3) is 22.3 Å². The third-order valence-corrected chi connectivity index (χ3v) is 8.42. The molecule has 0 aliphatic heterocycles. The van der Waals surface area contributed by atoms with Gasteiger partial charge in [-0.2, -0.15) is 4.98 Å². The number of amides is 1. The zero-order valence-corrected chi connectivity index (χ0v) is 26.7. The maximum absolute atomic E-state index is 13.9. The van der Waals surface area contributed by atoms with Crippen LogP contribution in [0.5, 0.6) is 11.6 Å². The molecule has 1 amide bonds. The molecule has 238 valence electrons. The van der Waals surface area contributed by atoms with E-state index in [0.717, 1.165) is 11.1 Å². The number of hydrogen-bond donors (Lipinski definition) is 1. The second-order valence-electron chi connectivity index (χ2n) is 12.7. The number of carbonyl (C=O) groups is 3. The Morgan fingerprint density at radius 3 is 2.40 bits per heavy atom. The van der Waals surface area contributed by atoms with Crippen molar-refractivity contribution in [2.75, 3.05) is 13.7 Å². The molecular weight excluding hydrogens is 574 g/mol. The highest BCUT2D eigenvalue weighted by molar-refractivity contribution is 5.94. The van der Waals surface area contributed by atoms with Crippen molar-refractivity contribution in [3.8, 4) is 23.0 Å². The first-order chi connectivity index (χ1) is 21.4. The summed E-state index contributed by atoms with van der Waals surface area (Å²) < 4.78 is 23.1. The van der Waals surface area contributed by atoms with Crippen LogP contribution >= 0.6 is 0 Å². The minimum Gasteiger partial charge on any atom is -0.496 e. The summed E-state index contributed by atoms with van der Waals surface area (Å²) in [5.41, 5.74) is 0.385. The molecule has 2 unspecified atom stereocenters. The van der Waals surface area contributed by atoms with E-state index in [4.69, 9.17) is 28.9 Å². The van der Waals surface area contributed by atoms with Crippen LogP contribution < -0.4 is 14.8 Å². The Hall–Kier alpha value is -4.47. The molecule has 0 spiro atoms. The summed E-state index contributed by atoms with van der Waals surface area (Å²) in [5.74, 6) is -1.76. The van der Waals surface area contributed by atoms with Crippen LogP contribution in [0.2, 0.25) is 0 Å². The van der Waals surface area contributed by atoms with Crippen molar-refractivity contribution in [3.63, 3.8) is 0 Å². The number of ether oxygens (including phenoxy) is 4. The molecule has 10 nitrogen and oxygen atoms in total. The number of hydrogen-bond acceptors (Lipinski definition) is 9. The molecule has 2 saturated carbocycles. The van der Waals surface area contributed by atoms with Gasteiger partial charge in [0.05, 0.1) is 36.5 Å². The van der Waals surface area contributed by atoms with Crippen LogP contribution in [0.4, 0.5) is 0 Å². The fourth-order valence-electron chi connectivity index (χ4n) is 6.06. The molecule has 5 atom stereocenters. The van der Waals surface area contributed by atoms with Crippen LogP contribution in [-0.2, 0) is 23.9 Å². The SMILES string of the molecule is C=C[C@@H]1CC1(NC(=O)C1C[C@@H](Oc2nc(-c3ccccc3)nc3c(C)c(OC)ccc23)C[C@H]1C(=O)OC(C)(C)C)C(=O)OCC. The van der Waals surface area contributed by atoms with Gasteiger partial charge in [-0.05, 0) is 66.0 Å². The first-order valence-electron chi connectivity index (χ1n) is 15.3. The molecule has 2 aromatic carbocycles. The second-order valence-corrected chi connectivity index (χ2v) is 12.7. The number of aryl methyl sites for hydroxylation is 1. The number of rotatable bonds is 10. The Kier molecular flexibility index (Phi) is 8.87. The van der Waals surface area contributed by atoms with Gasteiger partial charge >= 0.3 is 11.9 Å². The van der Waals surface area contributed by atoms with Gasteiger partial charge in [0.1, 0.15) is 23.0 Å². The number of carbonyl (C=O) groups excluding carboxylic acids is 3. The van der Waals surface area contributed by atoms with Crippen molar-refractivity contribution in [2.45, 2.75) is 71.1 Å². The van der Waals surface area contributed by atoms with Gasteiger partial charge in [-0.15, -0.1) is 6.58 Å². The van der Waals surface area contributed by atoms with Crippen LogP contribution in [-0.4, -0.2) is 58.8 Å². The molecule has 3 aromatic rings. The smallest absolute Gasteiger partial charge is 0.332 e. The average molecular weight is 616 g/mol. The monoisotopic (exact) mass is 615 g/mol. The Balaban J connectivity index is 1.48. The van der Waals surface area contributed by atoms with E-state index in [0.29, 0.717) is 34.8 Å². The molecule has 45 heavy (non-hydrogen) atoms. The molecule has 1 N–H and O–H groups in total. The van der Waals surface area contributed by atoms with Gasteiger partial charge in [0.25, 0.3) is 0 Å². The molecule has 10 heteroatoms. The molecule has 0 saturated heterocycles. The van der Waals surface area contributed by atoms with E-state index < -0.39 is 46.9 Å². The molecule has 5 rings (SSSR count). The predicted octanol–water partition coefficient (Wildman–Crippen LogP) is 5.35. The van der Waals surface area contributed by atoms with E-state index in [1.54, 1.807) is 40.9 Å². The summed E-state index contributed by atoms with van der Waals surface area (Å²) in [6, 6.07) is 13.3. The lowest BCUT2D eigenvalue weighted by Gasteiger charge is -2.25. The van der Waals surface area contributed by atoms with E-state index in [1.165, 1.54) is 0 Å². The lowest BCUT2D eigenvalue weighted by atomic mass is 9.94. The lowest BCUT2D eigenvalue weighted by molar-refractivity contribution is -0.163. The number of nitrogens with one attached hydrogen (secondary N) is 1. The van der Waals surface area contributed by atoms with Crippen LogP contribution in [0.1, 0.15) is 52.5 Å². The molecular formula is C35H41N3O7. The Labute approximate surface area is 263 Å². The number of esters is 2.